The van der Waals surface area contributed by atoms with E-state index in [0.717, 1.165) is 49.3 Å². The van der Waals surface area contributed by atoms with Gasteiger partial charge >= 0.3 is 0 Å². The smallest absolute Gasteiger partial charge is 0.270 e. The zero-order valence-electron chi connectivity index (χ0n) is 16.1. The fourth-order valence-electron chi connectivity index (χ4n) is 4.60. The molecule has 3 heterocycles. The van der Waals surface area contributed by atoms with Crippen molar-refractivity contribution in [3.63, 3.8) is 0 Å². The number of carbonyl (C=O) groups is 1. The van der Waals surface area contributed by atoms with Crippen LogP contribution >= 0.6 is 0 Å². The van der Waals surface area contributed by atoms with E-state index in [2.05, 4.69) is 33.9 Å². The van der Waals surface area contributed by atoms with Crippen molar-refractivity contribution in [2.24, 2.45) is 0 Å². The van der Waals surface area contributed by atoms with E-state index in [1.807, 2.05) is 0 Å². The normalized spacial score (nSPS) is 22.4. The van der Waals surface area contributed by atoms with Crippen LogP contribution in [0.3, 0.4) is 0 Å². The SMILES string of the molecule is CC(C)c1nc2c(c(N3CCCN(C4CCCC4)CC3)n1)CCNC2=O. The van der Waals surface area contributed by atoms with Crippen molar-refractivity contribution in [3.8, 4) is 0 Å². The first-order valence-electron chi connectivity index (χ1n) is 10.3. The largest absolute Gasteiger partial charge is 0.355 e. The van der Waals surface area contributed by atoms with Gasteiger partial charge in [0.05, 0.1) is 0 Å². The second-order valence-electron chi connectivity index (χ2n) is 8.21. The van der Waals surface area contributed by atoms with Crippen LogP contribution in [0.15, 0.2) is 0 Å². The van der Waals surface area contributed by atoms with Gasteiger partial charge in [0.25, 0.3) is 5.91 Å². The van der Waals surface area contributed by atoms with E-state index in [4.69, 9.17) is 4.98 Å². The molecule has 0 spiro atoms. The number of amides is 1. The lowest BCUT2D eigenvalue weighted by Crippen LogP contribution is -2.39. The maximum atomic E-state index is 12.4. The minimum atomic E-state index is -0.0424. The van der Waals surface area contributed by atoms with Gasteiger partial charge in [0.15, 0.2) is 0 Å². The lowest BCUT2D eigenvalue weighted by atomic mass is 10.0. The van der Waals surface area contributed by atoms with Gasteiger partial charge in [0.1, 0.15) is 17.3 Å². The molecule has 1 aliphatic carbocycles. The Labute approximate surface area is 156 Å². The molecule has 1 saturated carbocycles. The standard InChI is InChI=1S/C20H31N5O/c1-14(2)18-22-17-16(8-9-21-20(17)26)19(23-18)25-11-5-10-24(12-13-25)15-6-3-4-7-15/h14-15H,3-13H2,1-2H3,(H,21,26). The zero-order valence-corrected chi connectivity index (χ0v) is 16.1. The highest BCUT2D eigenvalue weighted by atomic mass is 16.1. The van der Waals surface area contributed by atoms with Gasteiger partial charge in [-0.3, -0.25) is 9.69 Å². The highest BCUT2D eigenvalue weighted by molar-refractivity contribution is 5.96. The number of aromatic nitrogens is 2. The molecule has 3 aliphatic rings. The molecule has 1 aromatic heterocycles. The van der Waals surface area contributed by atoms with Crippen LogP contribution < -0.4 is 10.2 Å². The number of hydrogen-bond acceptors (Lipinski definition) is 5. The monoisotopic (exact) mass is 357 g/mol. The summed E-state index contributed by atoms with van der Waals surface area (Å²) in [5.74, 6) is 1.98. The number of hydrogen-bond donors (Lipinski definition) is 1. The first-order chi connectivity index (χ1) is 12.6. The van der Waals surface area contributed by atoms with E-state index >= 15 is 0 Å². The average Bonchev–Trinajstić information content (AvgIpc) is 3.06. The summed E-state index contributed by atoms with van der Waals surface area (Å²) in [5.41, 5.74) is 1.65. The topological polar surface area (TPSA) is 61.4 Å². The van der Waals surface area contributed by atoms with Crippen molar-refractivity contribution < 1.29 is 4.79 Å². The number of rotatable bonds is 3. The maximum Gasteiger partial charge on any atom is 0.270 e. The quantitative estimate of drug-likeness (QED) is 0.900. The van der Waals surface area contributed by atoms with Gasteiger partial charge in [-0.05, 0) is 25.7 Å². The summed E-state index contributed by atoms with van der Waals surface area (Å²) in [6.45, 7) is 9.18. The van der Waals surface area contributed by atoms with Gasteiger partial charge in [-0.2, -0.15) is 0 Å². The highest BCUT2D eigenvalue weighted by Gasteiger charge is 2.29. The Bertz CT molecular complexity index is 668. The van der Waals surface area contributed by atoms with E-state index in [-0.39, 0.29) is 11.8 Å². The summed E-state index contributed by atoms with van der Waals surface area (Å²) in [6, 6.07) is 0.784. The van der Waals surface area contributed by atoms with E-state index in [0.29, 0.717) is 12.2 Å². The molecule has 1 amide bonds. The molecular formula is C20H31N5O. The molecule has 26 heavy (non-hydrogen) atoms. The van der Waals surface area contributed by atoms with Crippen LogP contribution in [0.25, 0.3) is 0 Å². The fraction of sp³-hybridized carbons (Fsp3) is 0.750. The number of anilines is 1. The first kappa shape index (κ1) is 17.7. The predicted molar refractivity (Wildman–Crippen MR) is 103 cm³/mol. The lowest BCUT2D eigenvalue weighted by molar-refractivity contribution is 0.0940. The Morgan fingerprint density at radius 1 is 1.04 bits per heavy atom. The predicted octanol–water partition coefficient (Wildman–Crippen LogP) is 2.34. The Balaban J connectivity index is 1.61. The van der Waals surface area contributed by atoms with Crippen molar-refractivity contribution in [2.75, 3.05) is 37.6 Å². The summed E-state index contributed by atoms with van der Waals surface area (Å²) in [7, 11) is 0. The highest BCUT2D eigenvalue weighted by Crippen LogP contribution is 2.29. The molecule has 2 aliphatic heterocycles. The molecule has 1 saturated heterocycles. The third-order valence-electron chi connectivity index (χ3n) is 6.07. The Kier molecular flexibility index (Phi) is 5.11. The maximum absolute atomic E-state index is 12.4. The molecule has 0 radical (unpaired) electrons. The zero-order chi connectivity index (χ0) is 18.1. The van der Waals surface area contributed by atoms with E-state index in [1.54, 1.807) is 0 Å². The lowest BCUT2D eigenvalue weighted by Gasteiger charge is -2.29. The molecule has 4 rings (SSSR count). The molecule has 0 atom stereocenters. The summed E-state index contributed by atoms with van der Waals surface area (Å²) in [6.07, 6.45) is 7.49. The summed E-state index contributed by atoms with van der Waals surface area (Å²) in [5, 5.41) is 2.94. The van der Waals surface area contributed by atoms with Crippen LogP contribution in [-0.4, -0.2) is 59.5 Å². The summed E-state index contributed by atoms with van der Waals surface area (Å²) in [4.78, 5) is 27.0. The van der Waals surface area contributed by atoms with Gasteiger partial charge in [-0.25, -0.2) is 9.97 Å². The molecule has 142 valence electrons. The van der Waals surface area contributed by atoms with Crippen LogP contribution in [0.5, 0.6) is 0 Å². The molecule has 0 bridgehead atoms. The molecule has 1 N–H and O–H groups in total. The third kappa shape index (κ3) is 3.43. The summed E-state index contributed by atoms with van der Waals surface area (Å²) >= 11 is 0. The molecule has 6 nitrogen and oxygen atoms in total. The van der Waals surface area contributed by atoms with Crippen molar-refractivity contribution in [1.29, 1.82) is 0 Å². The molecule has 2 fully saturated rings. The molecule has 0 unspecified atom stereocenters. The van der Waals surface area contributed by atoms with Crippen LogP contribution in [0.1, 0.15) is 73.7 Å². The van der Waals surface area contributed by atoms with Crippen molar-refractivity contribution in [2.45, 2.75) is 64.3 Å². The van der Waals surface area contributed by atoms with Gasteiger partial charge in [0.2, 0.25) is 0 Å². The van der Waals surface area contributed by atoms with Gasteiger partial charge in [-0.15, -0.1) is 0 Å². The number of carbonyl (C=O) groups excluding carboxylic acids is 1. The number of nitrogens with zero attached hydrogens (tertiary/aromatic N) is 4. The Morgan fingerprint density at radius 3 is 2.62 bits per heavy atom. The van der Waals surface area contributed by atoms with Crippen molar-refractivity contribution in [1.82, 2.24) is 20.2 Å². The Morgan fingerprint density at radius 2 is 1.85 bits per heavy atom. The van der Waals surface area contributed by atoms with Gasteiger partial charge < -0.3 is 10.2 Å². The average molecular weight is 358 g/mol. The van der Waals surface area contributed by atoms with Crippen molar-refractivity contribution >= 4 is 11.7 Å². The number of nitrogens with one attached hydrogen (secondary N) is 1. The third-order valence-corrected chi connectivity index (χ3v) is 6.07. The first-order valence-corrected chi connectivity index (χ1v) is 10.3. The summed E-state index contributed by atoms with van der Waals surface area (Å²) < 4.78 is 0. The van der Waals surface area contributed by atoms with E-state index < -0.39 is 0 Å². The van der Waals surface area contributed by atoms with Crippen LogP contribution in [0.4, 0.5) is 5.82 Å². The van der Waals surface area contributed by atoms with E-state index in [1.165, 1.54) is 38.6 Å². The van der Waals surface area contributed by atoms with Gasteiger partial charge in [-0.1, -0.05) is 26.7 Å². The second-order valence-corrected chi connectivity index (χ2v) is 8.21. The number of fused-ring (bicyclic) bond motifs is 1. The van der Waals surface area contributed by atoms with E-state index in [9.17, 15) is 4.79 Å². The molecule has 6 heteroatoms. The van der Waals surface area contributed by atoms with Crippen LogP contribution in [0, 0.1) is 0 Å². The van der Waals surface area contributed by atoms with Crippen molar-refractivity contribution in [3.05, 3.63) is 17.1 Å². The molecule has 0 aromatic carbocycles. The molecule has 1 aromatic rings. The van der Waals surface area contributed by atoms with Crippen LogP contribution in [-0.2, 0) is 6.42 Å². The molecular weight excluding hydrogens is 326 g/mol. The Hall–Kier alpha value is -1.69. The second kappa shape index (κ2) is 7.51. The van der Waals surface area contributed by atoms with Crippen LogP contribution in [0.2, 0.25) is 0 Å². The minimum Gasteiger partial charge on any atom is -0.355 e. The van der Waals surface area contributed by atoms with Gasteiger partial charge in [0, 0.05) is 50.2 Å². The minimum absolute atomic E-state index is 0.0424. The fourth-order valence-corrected chi connectivity index (χ4v) is 4.60.